The van der Waals surface area contributed by atoms with Crippen molar-refractivity contribution in [3.8, 4) is 21.8 Å². The number of carbonyl (C=O) groups excluding carboxylic acids is 2. The second-order valence-electron chi connectivity index (χ2n) is 12.3. The molecule has 2 amide bonds. The summed E-state index contributed by atoms with van der Waals surface area (Å²) < 4.78 is 46.3. The van der Waals surface area contributed by atoms with E-state index in [4.69, 9.17) is 9.51 Å². The Kier molecular flexibility index (Phi) is 7.50. The Morgan fingerprint density at radius 1 is 0.896 bits per heavy atom. The molecule has 0 bridgehead atoms. The van der Waals surface area contributed by atoms with E-state index < -0.39 is 23.4 Å². The first-order valence-electron chi connectivity index (χ1n) is 15.8. The molecule has 5 aromatic rings. The number of pyridine rings is 1. The second kappa shape index (κ2) is 11.9. The van der Waals surface area contributed by atoms with E-state index in [0.717, 1.165) is 30.5 Å². The quantitative estimate of drug-likeness (QED) is 0.208. The van der Waals surface area contributed by atoms with Crippen LogP contribution in [0.4, 0.5) is 13.2 Å². The lowest BCUT2D eigenvalue weighted by atomic mass is 9.93. The molecule has 0 saturated carbocycles. The smallest absolute Gasteiger partial charge is 0.331 e. The van der Waals surface area contributed by atoms with Crippen LogP contribution in [0.3, 0.4) is 0 Å². The Balaban J connectivity index is 1.24. The van der Waals surface area contributed by atoms with Gasteiger partial charge < -0.3 is 9.80 Å². The van der Waals surface area contributed by atoms with Crippen molar-refractivity contribution >= 4 is 23.2 Å². The Bertz CT molecular complexity index is 2140. The summed E-state index contributed by atoms with van der Waals surface area (Å²) in [6.45, 7) is 1.04. The van der Waals surface area contributed by atoms with Crippen LogP contribution in [0.1, 0.15) is 80.3 Å². The zero-order valence-corrected chi connectivity index (χ0v) is 26.3. The van der Waals surface area contributed by atoms with Gasteiger partial charge in [0.05, 0.1) is 39.5 Å². The van der Waals surface area contributed by atoms with Gasteiger partial charge in [-0.1, -0.05) is 23.4 Å². The first-order valence-corrected chi connectivity index (χ1v) is 16.6. The van der Waals surface area contributed by atoms with E-state index in [1.165, 1.54) is 29.5 Å². The van der Waals surface area contributed by atoms with Gasteiger partial charge in [-0.15, -0.1) is 11.3 Å². The van der Waals surface area contributed by atoms with Gasteiger partial charge in [0.15, 0.2) is 17.5 Å². The van der Waals surface area contributed by atoms with E-state index in [1.54, 1.807) is 29.2 Å². The summed E-state index contributed by atoms with van der Waals surface area (Å²) in [6, 6.07) is 12.8. The lowest BCUT2D eigenvalue weighted by Gasteiger charge is -2.24. The number of aromatic amines is 1. The zero-order chi connectivity index (χ0) is 33.1. The molecule has 0 spiro atoms. The fourth-order valence-corrected chi connectivity index (χ4v) is 8.31. The minimum atomic E-state index is -0.962. The summed E-state index contributed by atoms with van der Waals surface area (Å²) >= 11 is 1.20. The number of thiophene rings is 1. The van der Waals surface area contributed by atoms with E-state index in [-0.39, 0.29) is 29.5 Å². The molecule has 9 nitrogen and oxygen atoms in total. The Labute approximate surface area is 276 Å². The van der Waals surface area contributed by atoms with Gasteiger partial charge in [0.1, 0.15) is 5.82 Å². The molecule has 3 aliphatic rings. The maximum absolute atomic E-state index is 14.1. The molecule has 8 rings (SSSR count). The highest BCUT2D eigenvalue weighted by molar-refractivity contribution is 7.17. The number of hydrogen-bond acceptors (Lipinski definition) is 7. The summed E-state index contributed by atoms with van der Waals surface area (Å²) in [5.41, 5.74) is 3.99. The van der Waals surface area contributed by atoms with Gasteiger partial charge in [-0.05, 0) is 86.1 Å². The third kappa shape index (κ3) is 5.13. The van der Waals surface area contributed by atoms with E-state index in [0.29, 0.717) is 82.2 Å². The topological polar surface area (TPSA) is 112 Å². The molecule has 2 atom stereocenters. The second-order valence-corrected chi connectivity index (χ2v) is 13.4. The van der Waals surface area contributed by atoms with Crippen molar-refractivity contribution in [1.29, 1.82) is 0 Å². The van der Waals surface area contributed by atoms with Gasteiger partial charge in [-0.2, -0.15) is 0 Å². The monoisotopic (exact) mass is 671 g/mol. The number of nitrogens with zero attached hydrogens (tertiary/aromatic N) is 4. The number of halogens is 3. The number of carbonyl (C=O) groups is 2. The molecule has 3 aliphatic heterocycles. The molecule has 0 radical (unpaired) electrons. The van der Waals surface area contributed by atoms with Crippen LogP contribution in [-0.4, -0.2) is 49.8 Å². The molecule has 244 valence electrons. The first kappa shape index (κ1) is 30.3. The number of hydrogen-bond donors (Lipinski definition) is 1. The molecule has 2 fully saturated rings. The molecular formula is C35H28F3N5O4S. The lowest BCUT2D eigenvalue weighted by molar-refractivity contribution is 0.0738. The van der Waals surface area contributed by atoms with Crippen molar-refractivity contribution in [2.24, 2.45) is 0 Å². The van der Waals surface area contributed by atoms with Crippen molar-refractivity contribution in [3.63, 3.8) is 0 Å². The lowest BCUT2D eigenvalue weighted by Crippen LogP contribution is -2.30. The minimum absolute atomic E-state index is 0.110. The van der Waals surface area contributed by atoms with Crippen LogP contribution in [0.15, 0.2) is 63.9 Å². The van der Waals surface area contributed by atoms with E-state index in [9.17, 15) is 27.6 Å². The standard InChI is InChI=1S/C35H28F3N5O4S/c36-20-9-5-18(6-10-20)7-12-23-28(32-40-35(46)47-41-32)29(30-31(39-23)25-4-2-16-43(25)34(30)45)26-13-14-27(48-26)33(44)42-15-1-3-24(42)19-8-11-21(37)22(38)17-19/h5-6,8-11,13-14,17,24-25H,1-4,7,12,15-16H2,(H,40,41,46)/t24?,25-/m0/s1. The van der Waals surface area contributed by atoms with Gasteiger partial charge in [-0.25, -0.2) is 18.0 Å². The van der Waals surface area contributed by atoms with E-state index in [1.807, 2.05) is 4.90 Å². The fourth-order valence-electron chi connectivity index (χ4n) is 7.29. The van der Waals surface area contributed by atoms with Crippen LogP contribution in [0.5, 0.6) is 0 Å². The normalized spacial score (nSPS) is 18.5. The summed E-state index contributed by atoms with van der Waals surface area (Å²) in [5.74, 6) is -3.35. The molecule has 2 aromatic carbocycles. The average molecular weight is 672 g/mol. The number of likely N-dealkylation sites (tertiary alicyclic amines) is 1. The Hall–Kier alpha value is -5.04. The number of rotatable bonds is 7. The first-order chi connectivity index (χ1) is 23.3. The van der Waals surface area contributed by atoms with Crippen molar-refractivity contribution in [1.82, 2.24) is 24.9 Å². The molecule has 1 N–H and O–H groups in total. The molecular weight excluding hydrogens is 643 g/mol. The minimum Gasteiger partial charge on any atom is -0.331 e. The zero-order valence-electron chi connectivity index (χ0n) is 25.5. The van der Waals surface area contributed by atoms with E-state index >= 15 is 0 Å². The number of aryl methyl sites for hydroxylation is 2. The number of nitrogens with one attached hydrogen (secondary N) is 1. The number of H-pyrrole nitrogens is 1. The van der Waals surface area contributed by atoms with Gasteiger partial charge in [-0.3, -0.25) is 24.1 Å². The Morgan fingerprint density at radius 3 is 2.46 bits per heavy atom. The summed E-state index contributed by atoms with van der Waals surface area (Å²) in [6.07, 6.45) is 3.81. The van der Waals surface area contributed by atoms with Crippen molar-refractivity contribution in [2.75, 3.05) is 13.1 Å². The molecule has 13 heteroatoms. The van der Waals surface area contributed by atoms with Gasteiger partial charge in [0.2, 0.25) is 0 Å². The average Bonchev–Trinajstić information content (AvgIpc) is 3.93. The highest BCUT2D eigenvalue weighted by atomic mass is 32.1. The molecule has 2 saturated heterocycles. The number of aromatic nitrogens is 3. The maximum Gasteiger partial charge on any atom is 0.439 e. The van der Waals surface area contributed by atoms with Gasteiger partial charge in [0, 0.05) is 23.5 Å². The molecule has 3 aromatic heterocycles. The summed E-state index contributed by atoms with van der Waals surface area (Å²) in [4.78, 5) is 52.4. The number of fused-ring (bicyclic) bond motifs is 3. The third-order valence-corrected chi connectivity index (χ3v) is 10.6. The molecule has 1 unspecified atom stereocenters. The SMILES string of the molecule is O=C(c1ccc(-c2c3c(nc(CCc4ccc(F)cc4)c2-c2noc(=O)[nH]2)[C@@H]2CCCN2C3=O)s1)N1CCCC1c1ccc(F)c(F)c1. The molecule has 48 heavy (non-hydrogen) atoms. The van der Waals surface area contributed by atoms with Crippen LogP contribution in [0, 0.1) is 17.5 Å². The Morgan fingerprint density at radius 2 is 1.69 bits per heavy atom. The van der Waals surface area contributed by atoms with Crippen LogP contribution >= 0.6 is 11.3 Å². The number of benzene rings is 2. The maximum atomic E-state index is 14.1. The van der Waals surface area contributed by atoms with Gasteiger partial charge >= 0.3 is 5.76 Å². The molecule has 6 heterocycles. The van der Waals surface area contributed by atoms with Crippen molar-refractivity contribution in [2.45, 2.75) is 50.6 Å². The van der Waals surface area contributed by atoms with Crippen LogP contribution in [0.25, 0.3) is 21.8 Å². The summed E-state index contributed by atoms with van der Waals surface area (Å²) in [5, 5.41) is 4.00. The highest BCUT2D eigenvalue weighted by Gasteiger charge is 2.45. The van der Waals surface area contributed by atoms with Gasteiger partial charge in [0.25, 0.3) is 11.8 Å². The number of amides is 2. The van der Waals surface area contributed by atoms with Crippen LogP contribution in [0.2, 0.25) is 0 Å². The van der Waals surface area contributed by atoms with Crippen LogP contribution < -0.4 is 5.76 Å². The van der Waals surface area contributed by atoms with Crippen molar-refractivity contribution < 1.29 is 27.3 Å². The molecule has 0 aliphatic carbocycles. The van der Waals surface area contributed by atoms with E-state index in [2.05, 4.69) is 10.1 Å². The third-order valence-electron chi connectivity index (χ3n) is 9.49. The predicted octanol–water partition coefficient (Wildman–Crippen LogP) is 6.62. The fraction of sp³-hybridized carbons (Fsp3) is 0.286. The largest absolute Gasteiger partial charge is 0.439 e. The summed E-state index contributed by atoms with van der Waals surface area (Å²) in [7, 11) is 0. The van der Waals surface area contributed by atoms with Crippen molar-refractivity contribution in [3.05, 3.63) is 116 Å². The predicted molar refractivity (Wildman–Crippen MR) is 170 cm³/mol. The van der Waals surface area contributed by atoms with Crippen LogP contribution in [-0.2, 0) is 12.8 Å². The highest BCUT2D eigenvalue weighted by Crippen LogP contribution is 2.49.